The maximum absolute atomic E-state index is 13.1. The number of nitrogens with zero attached hydrogens (tertiary/aromatic N) is 2. The van der Waals surface area contributed by atoms with Crippen LogP contribution in [0.5, 0.6) is 5.75 Å². The summed E-state index contributed by atoms with van der Waals surface area (Å²) in [5.41, 5.74) is 3.55. The number of hydrogen-bond acceptors (Lipinski definition) is 5. The Hall–Kier alpha value is -3.74. The molecular weight excluding hydrogens is 406 g/mol. The second kappa shape index (κ2) is 9.18. The Labute approximate surface area is 187 Å². The van der Waals surface area contributed by atoms with Gasteiger partial charge in [-0.25, -0.2) is 0 Å². The smallest absolute Gasteiger partial charge is 0.257 e. The van der Waals surface area contributed by atoms with E-state index in [-0.39, 0.29) is 18.4 Å². The molecule has 1 aliphatic heterocycles. The number of methoxy groups -OCH3 is 1. The molecule has 2 heterocycles. The fourth-order valence-electron chi connectivity index (χ4n) is 4.07. The first-order chi connectivity index (χ1) is 15.5. The molecule has 7 nitrogen and oxygen atoms in total. The number of furan rings is 1. The Kier molecular flexibility index (Phi) is 6.16. The van der Waals surface area contributed by atoms with Gasteiger partial charge in [-0.05, 0) is 43.2 Å². The van der Waals surface area contributed by atoms with Crippen molar-refractivity contribution in [2.24, 2.45) is 0 Å². The third-order valence-corrected chi connectivity index (χ3v) is 5.72. The first-order valence-electron chi connectivity index (χ1n) is 10.6. The Morgan fingerprint density at radius 3 is 2.81 bits per heavy atom. The lowest BCUT2D eigenvalue weighted by Crippen LogP contribution is -2.36. The first-order valence-corrected chi connectivity index (χ1v) is 10.6. The molecule has 2 aromatic carbocycles. The van der Waals surface area contributed by atoms with Gasteiger partial charge in [0.15, 0.2) is 0 Å². The van der Waals surface area contributed by atoms with Crippen LogP contribution in [-0.4, -0.2) is 43.5 Å². The molecule has 3 aromatic rings. The molecule has 1 aliphatic rings. The molecule has 1 N–H and O–H groups in total. The zero-order chi connectivity index (χ0) is 22.7. The highest BCUT2D eigenvalue weighted by Crippen LogP contribution is 2.33. The van der Waals surface area contributed by atoms with Crippen molar-refractivity contribution in [1.82, 2.24) is 4.90 Å². The highest BCUT2D eigenvalue weighted by molar-refractivity contribution is 5.99. The maximum Gasteiger partial charge on any atom is 0.257 e. The SMILES string of the molecule is COc1cccc(NC(=O)CN(C)C(=O)c2ccoc2CN2c3ccccc3CC2C)c1. The van der Waals surface area contributed by atoms with E-state index in [0.29, 0.717) is 35.3 Å². The number of likely N-dealkylation sites (N-methyl/N-ethyl adjacent to an activating group) is 1. The van der Waals surface area contributed by atoms with E-state index in [1.54, 1.807) is 44.5 Å². The lowest BCUT2D eigenvalue weighted by molar-refractivity contribution is -0.116. The number of carbonyl (C=O) groups is 2. The van der Waals surface area contributed by atoms with E-state index in [4.69, 9.17) is 9.15 Å². The topological polar surface area (TPSA) is 75.0 Å². The standard InChI is InChI=1S/C25H27N3O4/c1-17-13-18-7-4-5-10-22(18)28(17)15-23-21(11-12-32-23)25(30)27(2)16-24(29)26-19-8-6-9-20(14-19)31-3/h4-12,14,17H,13,15-16H2,1-3H3,(H,26,29). The molecule has 0 aliphatic carbocycles. The van der Waals surface area contributed by atoms with Crippen LogP contribution in [0.2, 0.25) is 0 Å². The monoisotopic (exact) mass is 433 g/mol. The van der Waals surface area contributed by atoms with E-state index >= 15 is 0 Å². The summed E-state index contributed by atoms with van der Waals surface area (Å²) in [5, 5.41) is 2.79. The summed E-state index contributed by atoms with van der Waals surface area (Å²) in [4.78, 5) is 29.2. The number of nitrogens with one attached hydrogen (secondary N) is 1. The molecule has 0 fully saturated rings. The molecule has 166 valence electrons. The molecule has 0 bridgehead atoms. The van der Waals surface area contributed by atoms with Crippen LogP contribution < -0.4 is 15.0 Å². The van der Waals surface area contributed by atoms with E-state index in [1.807, 2.05) is 12.1 Å². The van der Waals surface area contributed by atoms with Crippen LogP contribution in [0.4, 0.5) is 11.4 Å². The zero-order valence-electron chi connectivity index (χ0n) is 18.5. The highest BCUT2D eigenvalue weighted by atomic mass is 16.5. The summed E-state index contributed by atoms with van der Waals surface area (Å²) in [6.45, 7) is 2.58. The van der Waals surface area contributed by atoms with Crippen molar-refractivity contribution in [2.75, 3.05) is 30.9 Å². The fourth-order valence-corrected chi connectivity index (χ4v) is 4.07. The molecule has 32 heavy (non-hydrogen) atoms. The summed E-state index contributed by atoms with van der Waals surface area (Å²) in [6, 6.07) is 17.4. The van der Waals surface area contributed by atoms with Crippen LogP contribution in [0.1, 0.15) is 28.6 Å². The van der Waals surface area contributed by atoms with Gasteiger partial charge in [-0.3, -0.25) is 9.59 Å². The Morgan fingerprint density at radius 1 is 1.19 bits per heavy atom. The Morgan fingerprint density at radius 2 is 2.00 bits per heavy atom. The Balaban J connectivity index is 1.42. The van der Waals surface area contributed by atoms with Crippen molar-refractivity contribution in [3.63, 3.8) is 0 Å². The van der Waals surface area contributed by atoms with Crippen molar-refractivity contribution in [1.29, 1.82) is 0 Å². The third kappa shape index (κ3) is 4.46. The highest BCUT2D eigenvalue weighted by Gasteiger charge is 2.28. The van der Waals surface area contributed by atoms with Gasteiger partial charge in [0.2, 0.25) is 5.91 Å². The number of para-hydroxylation sites is 1. The molecule has 1 aromatic heterocycles. The molecule has 1 unspecified atom stereocenters. The van der Waals surface area contributed by atoms with Crippen molar-refractivity contribution in [3.05, 3.63) is 77.7 Å². The van der Waals surface area contributed by atoms with Crippen LogP contribution in [0.3, 0.4) is 0 Å². The number of rotatable bonds is 7. The van der Waals surface area contributed by atoms with Gasteiger partial charge in [-0.2, -0.15) is 0 Å². The summed E-state index contributed by atoms with van der Waals surface area (Å²) in [5.74, 6) is 0.697. The second-order valence-corrected chi connectivity index (χ2v) is 8.01. The Bertz CT molecular complexity index is 1120. The van der Waals surface area contributed by atoms with Crippen LogP contribution in [0.25, 0.3) is 0 Å². The largest absolute Gasteiger partial charge is 0.497 e. The number of fused-ring (bicyclic) bond motifs is 1. The number of hydrogen-bond donors (Lipinski definition) is 1. The summed E-state index contributed by atoms with van der Waals surface area (Å²) in [7, 11) is 3.18. The molecular formula is C25H27N3O4. The predicted octanol–water partition coefficient (Wildman–Crippen LogP) is 3.95. The normalized spacial score (nSPS) is 14.7. The number of amides is 2. The lowest BCUT2D eigenvalue weighted by atomic mass is 10.1. The van der Waals surface area contributed by atoms with Gasteiger partial charge in [-0.1, -0.05) is 24.3 Å². The molecule has 0 saturated carbocycles. The van der Waals surface area contributed by atoms with E-state index in [0.717, 1.165) is 6.42 Å². The average molecular weight is 434 g/mol. The average Bonchev–Trinajstić information content (AvgIpc) is 3.37. The van der Waals surface area contributed by atoms with Crippen LogP contribution >= 0.6 is 0 Å². The van der Waals surface area contributed by atoms with E-state index in [2.05, 4.69) is 29.3 Å². The minimum Gasteiger partial charge on any atom is -0.497 e. The molecule has 2 amide bonds. The molecule has 0 radical (unpaired) electrons. The number of ether oxygens (including phenoxy) is 1. The van der Waals surface area contributed by atoms with Gasteiger partial charge in [0.25, 0.3) is 5.91 Å². The molecule has 0 spiro atoms. The predicted molar refractivity (Wildman–Crippen MR) is 123 cm³/mol. The van der Waals surface area contributed by atoms with Crippen molar-refractivity contribution in [2.45, 2.75) is 25.9 Å². The van der Waals surface area contributed by atoms with Gasteiger partial charge >= 0.3 is 0 Å². The molecule has 1 atom stereocenters. The first kappa shape index (κ1) is 21.5. The third-order valence-electron chi connectivity index (χ3n) is 5.72. The summed E-state index contributed by atoms with van der Waals surface area (Å²) >= 11 is 0. The van der Waals surface area contributed by atoms with Crippen LogP contribution in [0, 0.1) is 0 Å². The quantitative estimate of drug-likeness (QED) is 0.611. The van der Waals surface area contributed by atoms with Crippen LogP contribution in [0.15, 0.2) is 65.3 Å². The lowest BCUT2D eigenvalue weighted by Gasteiger charge is -2.24. The number of anilines is 2. The van der Waals surface area contributed by atoms with Gasteiger partial charge in [-0.15, -0.1) is 0 Å². The molecule has 4 rings (SSSR count). The van der Waals surface area contributed by atoms with Crippen molar-refractivity contribution in [3.8, 4) is 5.75 Å². The second-order valence-electron chi connectivity index (χ2n) is 8.01. The van der Waals surface area contributed by atoms with E-state index < -0.39 is 0 Å². The van der Waals surface area contributed by atoms with Gasteiger partial charge < -0.3 is 24.3 Å². The summed E-state index contributed by atoms with van der Waals surface area (Å²) < 4.78 is 10.9. The van der Waals surface area contributed by atoms with E-state index in [9.17, 15) is 9.59 Å². The van der Waals surface area contributed by atoms with Gasteiger partial charge in [0.05, 0.1) is 32.0 Å². The minimum absolute atomic E-state index is 0.0797. The van der Waals surface area contributed by atoms with Crippen LogP contribution in [-0.2, 0) is 17.8 Å². The van der Waals surface area contributed by atoms with Crippen molar-refractivity contribution < 1.29 is 18.7 Å². The van der Waals surface area contributed by atoms with Crippen molar-refractivity contribution >= 4 is 23.2 Å². The van der Waals surface area contributed by atoms with Gasteiger partial charge in [0, 0.05) is 30.5 Å². The molecule has 0 saturated heterocycles. The molecule has 7 heteroatoms. The van der Waals surface area contributed by atoms with Gasteiger partial charge in [0.1, 0.15) is 11.5 Å². The van der Waals surface area contributed by atoms with E-state index in [1.165, 1.54) is 22.4 Å². The number of carbonyl (C=O) groups excluding carboxylic acids is 2. The minimum atomic E-state index is -0.291. The number of benzene rings is 2. The fraction of sp³-hybridized carbons (Fsp3) is 0.280. The summed E-state index contributed by atoms with van der Waals surface area (Å²) in [6.07, 6.45) is 2.49. The maximum atomic E-state index is 13.1. The zero-order valence-corrected chi connectivity index (χ0v) is 18.5.